The minimum Gasteiger partial charge on any atom is -0.212 e. The molecule has 0 spiro atoms. The lowest BCUT2D eigenvalue weighted by Gasteiger charge is -2.36. The summed E-state index contributed by atoms with van der Waals surface area (Å²) in [5.74, 6) is 0. The zero-order chi connectivity index (χ0) is 12.0. The SMILES string of the molecule is FC(F)(F)C(F)(Cl)C(Cl)(Cl)C(Cl)(Cl)Cl. The van der Waals surface area contributed by atoms with E-state index in [4.69, 9.17) is 58.0 Å². The maximum absolute atomic E-state index is 13.0. The van der Waals surface area contributed by atoms with Crippen molar-refractivity contribution in [2.75, 3.05) is 0 Å². The molecule has 10 heteroatoms. The average Bonchev–Trinajstić information content (AvgIpc) is 1.81. The van der Waals surface area contributed by atoms with Gasteiger partial charge in [0.25, 0.3) is 0 Å². The number of rotatable bonds is 1. The van der Waals surface area contributed by atoms with Gasteiger partial charge in [-0.15, -0.1) is 0 Å². The summed E-state index contributed by atoms with van der Waals surface area (Å²) < 4.78 is 42.6. The molecule has 0 N–H and O–H groups in total. The van der Waals surface area contributed by atoms with Crippen LogP contribution in [-0.2, 0) is 0 Å². The van der Waals surface area contributed by atoms with Crippen LogP contribution in [0.3, 0.4) is 0 Å². The van der Waals surface area contributed by atoms with Crippen LogP contribution in [-0.4, -0.2) is 19.4 Å². The molecule has 0 amide bonds. The smallest absolute Gasteiger partial charge is 0.212 e. The lowest BCUT2D eigenvalue weighted by molar-refractivity contribution is -0.201. The zero-order valence-corrected chi connectivity index (χ0v) is 10.3. The highest BCUT2D eigenvalue weighted by Crippen LogP contribution is 2.60. The van der Waals surface area contributed by atoms with E-state index in [1.165, 1.54) is 0 Å². The Kier molecular flexibility index (Phi) is 4.46. The number of hydrogen-bond donors (Lipinski definition) is 0. The lowest BCUT2D eigenvalue weighted by atomic mass is 10.2. The van der Waals surface area contributed by atoms with Gasteiger partial charge in [0.15, 0.2) is 0 Å². The Labute approximate surface area is 106 Å². The standard InChI is InChI=1S/C4Cl6F4/c5-1(6,3(8,9)10)2(7,11)4(12,13)14. The first-order chi connectivity index (χ1) is 5.75. The first-order valence-corrected chi connectivity index (χ1v) is 4.91. The summed E-state index contributed by atoms with van der Waals surface area (Å²) in [5.41, 5.74) is 0. The maximum Gasteiger partial charge on any atom is 0.440 e. The Morgan fingerprint density at radius 1 is 0.643 bits per heavy atom. The van der Waals surface area contributed by atoms with Crippen LogP contribution in [0.15, 0.2) is 0 Å². The molecule has 0 fully saturated rings. The molecule has 0 saturated heterocycles. The van der Waals surface area contributed by atoms with E-state index in [0.717, 1.165) is 0 Å². The first kappa shape index (κ1) is 15.5. The van der Waals surface area contributed by atoms with Gasteiger partial charge in [-0.25, -0.2) is 4.39 Å². The van der Waals surface area contributed by atoms with Crippen molar-refractivity contribution in [3.8, 4) is 0 Å². The molecule has 0 rings (SSSR count). The van der Waals surface area contributed by atoms with Gasteiger partial charge in [0.05, 0.1) is 0 Å². The van der Waals surface area contributed by atoms with E-state index in [1.807, 2.05) is 0 Å². The molecule has 14 heavy (non-hydrogen) atoms. The zero-order valence-electron chi connectivity index (χ0n) is 5.78. The highest BCUT2D eigenvalue weighted by atomic mass is 35.6. The highest BCUT2D eigenvalue weighted by molar-refractivity contribution is 6.76. The van der Waals surface area contributed by atoms with Gasteiger partial charge < -0.3 is 0 Å². The molecule has 0 aromatic heterocycles. The summed E-state index contributed by atoms with van der Waals surface area (Å²) in [6.45, 7) is 0. The van der Waals surface area contributed by atoms with E-state index in [9.17, 15) is 17.6 Å². The molecule has 86 valence electrons. The van der Waals surface area contributed by atoms with E-state index < -0.39 is 19.4 Å². The van der Waals surface area contributed by atoms with Crippen molar-refractivity contribution in [3.63, 3.8) is 0 Å². The second-order valence-corrected chi connectivity index (χ2v) is 6.27. The predicted octanol–water partition coefficient (Wildman–Crippen LogP) is 5.00. The highest BCUT2D eigenvalue weighted by Gasteiger charge is 2.73. The van der Waals surface area contributed by atoms with Crippen LogP contribution in [0.4, 0.5) is 17.6 Å². The minimum absolute atomic E-state index is 2.94. The Morgan fingerprint density at radius 3 is 1.00 bits per heavy atom. The second kappa shape index (κ2) is 4.04. The van der Waals surface area contributed by atoms with Crippen LogP contribution < -0.4 is 0 Å². The van der Waals surface area contributed by atoms with Crippen LogP contribution in [0.1, 0.15) is 0 Å². The average molecular weight is 337 g/mol. The molecule has 0 radical (unpaired) electrons. The molecular weight excluding hydrogens is 337 g/mol. The first-order valence-electron chi connectivity index (χ1n) is 2.64. The van der Waals surface area contributed by atoms with Crippen molar-refractivity contribution in [3.05, 3.63) is 0 Å². The third kappa shape index (κ3) is 2.58. The van der Waals surface area contributed by atoms with E-state index in [1.54, 1.807) is 0 Å². The number of halogens is 10. The fraction of sp³-hybridized carbons (Fsp3) is 1.00. The molecule has 1 unspecified atom stereocenters. The number of alkyl halides is 10. The molecule has 0 bridgehead atoms. The van der Waals surface area contributed by atoms with Gasteiger partial charge >= 0.3 is 11.3 Å². The summed E-state index contributed by atoms with van der Waals surface area (Å²) in [4.78, 5) is 0. The van der Waals surface area contributed by atoms with Crippen LogP contribution >= 0.6 is 69.6 Å². The van der Waals surface area contributed by atoms with Gasteiger partial charge in [-0.2, -0.15) is 13.2 Å². The number of hydrogen-bond acceptors (Lipinski definition) is 0. The lowest BCUT2D eigenvalue weighted by Crippen LogP contribution is -2.56. The third-order valence-corrected chi connectivity index (χ3v) is 4.32. The largest absolute Gasteiger partial charge is 0.440 e. The molecule has 0 nitrogen and oxygen atoms in total. The molecule has 1 atom stereocenters. The Bertz CT molecular complexity index is 191. The maximum atomic E-state index is 13.0. The van der Waals surface area contributed by atoms with Crippen molar-refractivity contribution in [2.45, 2.75) is 19.4 Å². The molecular formula is C4Cl6F4. The van der Waals surface area contributed by atoms with Gasteiger partial charge in [0.2, 0.25) is 8.13 Å². The van der Waals surface area contributed by atoms with Crippen molar-refractivity contribution in [1.29, 1.82) is 0 Å². The van der Waals surface area contributed by atoms with E-state index >= 15 is 0 Å². The quantitative estimate of drug-likeness (QED) is 0.467. The predicted molar refractivity (Wildman–Crippen MR) is 50.5 cm³/mol. The summed E-state index contributed by atoms with van der Waals surface area (Å²) in [7, 11) is 0. The van der Waals surface area contributed by atoms with Crippen molar-refractivity contribution < 1.29 is 17.6 Å². The molecule has 0 aliphatic rings. The summed E-state index contributed by atoms with van der Waals surface area (Å²) in [5, 5.41) is -4.58. The Balaban J connectivity index is 5.30. The normalized spacial score (nSPS) is 19.3. The van der Waals surface area contributed by atoms with Gasteiger partial charge in [-0.3, -0.25) is 0 Å². The van der Waals surface area contributed by atoms with Gasteiger partial charge in [0, 0.05) is 0 Å². The van der Waals surface area contributed by atoms with Gasteiger partial charge in [-0.05, 0) is 0 Å². The van der Waals surface area contributed by atoms with Gasteiger partial charge in [-0.1, -0.05) is 69.6 Å². The fourth-order valence-electron chi connectivity index (χ4n) is 0.356. The van der Waals surface area contributed by atoms with Crippen molar-refractivity contribution in [2.24, 2.45) is 0 Å². The molecule has 0 aliphatic carbocycles. The molecule has 0 saturated carbocycles. The Hall–Kier alpha value is 1.46. The summed E-state index contributed by atoms with van der Waals surface area (Å²) in [6.07, 6.45) is -5.58. The molecule has 0 aromatic rings. The molecule has 0 aromatic carbocycles. The Morgan fingerprint density at radius 2 is 0.929 bits per heavy atom. The molecule has 0 heterocycles. The van der Waals surface area contributed by atoms with Crippen LogP contribution in [0.2, 0.25) is 0 Å². The van der Waals surface area contributed by atoms with Gasteiger partial charge in [0.1, 0.15) is 0 Å². The van der Waals surface area contributed by atoms with E-state index in [0.29, 0.717) is 0 Å². The topological polar surface area (TPSA) is 0 Å². The minimum atomic E-state index is -5.58. The summed E-state index contributed by atoms with van der Waals surface area (Å²) in [6, 6.07) is 0. The van der Waals surface area contributed by atoms with Crippen molar-refractivity contribution >= 4 is 69.6 Å². The fourth-order valence-corrected chi connectivity index (χ4v) is 1.25. The van der Waals surface area contributed by atoms with Crippen LogP contribution in [0, 0.1) is 0 Å². The van der Waals surface area contributed by atoms with E-state index in [2.05, 4.69) is 11.6 Å². The van der Waals surface area contributed by atoms with E-state index in [-0.39, 0.29) is 0 Å². The summed E-state index contributed by atoms with van der Waals surface area (Å²) >= 11 is 29.2. The second-order valence-electron chi connectivity index (χ2n) is 2.14. The van der Waals surface area contributed by atoms with Crippen LogP contribution in [0.5, 0.6) is 0 Å². The van der Waals surface area contributed by atoms with Crippen molar-refractivity contribution in [1.82, 2.24) is 0 Å². The monoisotopic (exact) mass is 334 g/mol. The molecule has 0 aliphatic heterocycles. The third-order valence-electron chi connectivity index (χ3n) is 1.11. The van der Waals surface area contributed by atoms with Crippen LogP contribution in [0.25, 0.3) is 0 Å².